The number of amides is 1. The smallest absolute Gasteiger partial charge is 0.254 e. The zero-order valence-corrected chi connectivity index (χ0v) is 17.9. The Morgan fingerprint density at radius 2 is 1.80 bits per heavy atom. The van der Waals surface area contributed by atoms with Crippen molar-refractivity contribution in [3.63, 3.8) is 0 Å². The van der Waals surface area contributed by atoms with Crippen LogP contribution >= 0.6 is 11.6 Å². The Morgan fingerprint density at radius 1 is 1.10 bits per heavy atom. The lowest BCUT2D eigenvalue weighted by molar-refractivity contribution is -0.0468. The predicted molar refractivity (Wildman–Crippen MR) is 116 cm³/mol. The van der Waals surface area contributed by atoms with Crippen LogP contribution in [-0.2, 0) is 11.3 Å². The van der Waals surface area contributed by atoms with Crippen LogP contribution in [-0.4, -0.2) is 54.1 Å². The number of hydrogen-bond acceptors (Lipinski definition) is 3. The normalized spacial score (nSPS) is 20.4. The second kappa shape index (κ2) is 9.90. The summed E-state index contributed by atoms with van der Waals surface area (Å²) >= 11 is 5.99. The number of benzene rings is 2. The lowest BCUT2D eigenvalue weighted by Crippen LogP contribution is -2.50. The van der Waals surface area contributed by atoms with Crippen LogP contribution in [0.5, 0.6) is 0 Å². The second-order valence-corrected chi connectivity index (χ2v) is 8.69. The second-order valence-electron chi connectivity index (χ2n) is 8.26. The number of nitrogens with zero attached hydrogens (tertiary/aromatic N) is 2. The van der Waals surface area contributed by atoms with Crippen LogP contribution < -0.4 is 0 Å². The van der Waals surface area contributed by atoms with E-state index < -0.39 is 0 Å². The Bertz CT molecular complexity index is 837. The highest BCUT2D eigenvalue weighted by molar-refractivity contribution is 6.30. The highest BCUT2D eigenvalue weighted by atomic mass is 35.5. The summed E-state index contributed by atoms with van der Waals surface area (Å²) < 4.78 is 19.4. The van der Waals surface area contributed by atoms with Crippen molar-refractivity contribution in [3.8, 4) is 0 Å². The van der Waals surface area contributed by atoms with Gasteiger partial charge in [-0.2, -0.15) is 0 Å². The van der Waals surface area contributed by atoms with Crippen LogP contribution in [0.4, 0.5) is 4.39 Å². The number of carbonyl (C=O) groups is 1. The van der Waals surface area contributed by atoms with Gasteiger partial charge in [0, 0.05) is 42.8 Å². The van der Waals surface area contributed by atoms with Gasteiger partial charge in [0.1, 0.15) is 5.82 Å². The molecule has 4 nitrogen and oxygen atoms in total. The third kappa shape index (κ3) is 5.39. The van der Waals surface area contributed by atoms with Gasteiger partial charge in [-0.25, -0.2) is 4.39 Å². The predicted octanol–water partition coefficient (Wildman–Crippen LogP) is 4.76. The van der Waals surface area contributed by atoms with Crippen LogP contribution in [0.3, 0.4) is 0 Å². The third-order valence-corrected chi connectivity index (χ3v) is 6.31. The average molecular weight is 431 g/mol. The number of morpholine rings is 1. The van der Waals surface area contributed by atoms with E-state index in [0.29, 0.717) is 18.7 Å². The molecule has 2 fully saturated rings. The summed E-state index contributed by atoms with van der Waals surface area (Å²) in [4.78, 5) is 17.6. The van der Waals surface area contributed by atoms with Crippen LogP contribution in [0.1, 0.15) is 41.6 Å². The molecule has 160 valence electrons. The number of carbonyl (C=O) groups excluding carboxylic acids is 1. The van der Waals surface area contributed by atoms with Gasteiger partial charge in [-0.1, -0.05) is 36.6 Å². The molecule has 1 atom stereocenters. The van der Waals surface area contributed by atoms with E-state index in [-0.39, 0.29) is 23.9 Å². The van der Waals surface area contributed by atoms with Gasteiger partial charge in [-0.3, -0.25) is 9.69 Å². The molecule has 0 N–H and O–H groups in total. The molecule has 0 spiro atoms. The van der Waals surface area contributed by atoms with Crippen LogP contribution in [0.25, 0.3) is 0 Å². The molecule has 30 heavy (non-hydrogen) atoms. The Hall–Kier alpha value is -1.95. The standard InChI is InChI=1S/C24H28ClFN2O2/c25-20-9-5-18(6-10-20)15-27-13-14-30-23(16-27)17-28(22-3-1-2-4-22)24(29)19-7-11-21(26)12-8-19/h5-12,22-23H,1-4,13-17H2. The maximum atomic E-state index is 13.3. The Balaban J connectivity index is 1.43. The molecule has 1 aliphatic carbocycles. The molecule has 2 aromatic rings. The minimum absolute atomic E-state index is 0.0275. The summed E-state index contributed by atoms with van der Waals surface area (Å²) in [6, 6.07) is 14.0. The molecule has 1 saturated heterocycles. The van der Waals surface area contributed by atoms with E-state index in [1.807, 2.05) is 17.0 Å². The van der Waals surface area contributed by atoms with Crippen molar-refractivity contribution in [2.45, 2.75) is 44.4 Å². The van der Waals surface area contributed by atoms with Crippen molar-refractivity contribution in [1.29, 1.82) is 0 Å². The first-order valence-electron chi connectivity index (χ1n) is 10.7. The van der Waals surface area contributed by atoms with E-state index in [9.17, 15) is 9.18 Å². The van der Waals surface area contributed by atoms with Crippen molar-refractivity contribution in [2.75, 3.05) is 26.2 Å². The first-order chi connectivity index (χ1) is 14.6. The lowest BCUT2D eigenvalue weighted by Gasteiger charge is -2.38. The van der Waals surface area contributed by atoms with Gasteiger partial charge < -0.3 is 9.64 Å². The summed E-state index contributed by atoms with van der Waals surface area (Å²) in [7, 11) is 0. The van der Waals surface area contributed by atoms with Gasteiger partial charge in [-0.05, 0) is 54.8 Å². The average Bonchev–Trinajstić information content (AvgIpc) is 3.29. The summed E-state index contributed by atoms with van der Waals surface area (Å²) in [6.45, 7) is 3.71. The first-order valence-corrected chi connectivity index (χ1v) is 11.1. The van der Waals surface area contributed by atoms with Crippen LogP contribution in [0, 0.1) is 5.82 Å². The summed E-state index contributed by atoms with van der Waals surface area (Å²) in [5, 5.41) is 0.741. The van der Waals surface area contributed by atoms with Gasteiger partial charge in [0.05, 0.1) is 12.7 Å². The highest BCUT2D eigenvalue weighted by Gasteiger charge is 2.31. The van der Waals surface area contributed by atoms with Crippen LogP contribution in [0.2, 0.25) is 5.02 Å². The molecule has 1 aliphatic heterocycles. The quantitative estimate of drug-likeness (QED) is 0.662. The molecule has 0 radical (unpaired) electrons. The largest absolute Gasteiger partial charge is 0.374 e. The topological polar surface area (TPSA) is 32.8 Å². The molecule has 1 amide bonds. The minimum atomic E-state index is -0.326. The highest BCUT2D eigenvalue weighted by Crippen LogP contribution is 2.26. The fourth-order valence-electron chi connectivity index (χ4n) is 4.47. The number of ether oxygens (including phenoxy) is 1. The van der Waals surface area contributed by atoms with E-state index in [0.717, 1.165) is 50.3 Å². The summed E-state index contributed by atoms with van der Waals surface area (Å²) in [5.41, 5.74) is 1.76. The van der Waals surface area contributed by atoms with Gasteiger partial charge in [0.25, 0.3) is 5.91 Å². The fraction of sp³-hybridized carbons (Fsp3) is 0.458. The molecule has 0 bridgehead atoms. The van der Waals surface area contributed by atoms with Gasteiger partial charge in [0.15, 0.2) is 0 Å². The fourth-order valence-corrected chi connectivity index (χ4v) is 4.60. The molecular formula is C24H28ClFN2O2. The molecule has 4 rings (SSSR count). The zero-order chi connectivity index (χ0) is 20.9. The SMILES string of the molecule is O=C(c1ccc(F)cc1)N(CC1CN(Cc2ccc(Cl)cc2)CCO1)C1CCCC1. The molecule has 1 heterocycles. The van der Waals surface area contributed by atoms with Crippen molar-refractivity contribution in [1.82, 2.24) is 9.80 Å². The van der Waals surface area contributed by atoms with Crippen molar-refractivity contribution >= 4 is 17.5 Å². The Morgan fingerprint density at radius 3 is 2.50 bits per heavy atom. The first kappa shape index (κ1) is 21.3. The molecule has 2 aromatic carbocycles. The maximum Gasteiger partial charge on any atom is 0.254 e. The van der Waals surface area contributed by atoms with E-state index in [4.69, 9.17) is 16.3 Å². The van der Waals surface area contributed by atoms with E-state index >= 15 is 0 Å². The molecule has 6 heteroatoms. The van der Waals surface area contributed by atoms with Crippen molar-refractivity contribution in [3.05, 3.63) is 70.5 Å². The lowest BCUT2D eigenvalue weighted by atomic mass is 10.1. The van der Waals surface area contributed by atoms with Gasteiger partial charge >= 0.3 is 0 Å². The molecular weight excluding hydrogens is 403 g/mol. The number of hydrogen-bond donors (Lipinski definition) is 0. The zero-order valence-electron chi connectivity index (χ0n) is 17.1. The maximum absolute atomic E-state index is 13.3. The van der Waals surface area contributed by atoms with Gasteiger partial charge in [-0.15, -0.1) is 0 Å². The number of halogens is 2. The van der Waals surface area contributed by atoms with Crippen molar-refractivity contribution in [2.24, 2.45) is 0 Å². The number of rotatable bonds is 6. The van der Waals surface area contributed by atoms with Gasteiger partial charge in [0.2, 0.25) is 0 Å². The Labute approximate surface area is 182 Å². The minimum Gasteiger partial charge on any atom is -0.374 e. The third-order valence-electron chi connectivity index (χ3n) is 6.06. The Kier molecular flexibility index (Phi) is 7.03. The van der Waals surface area contributed by atoms with E-state index in [2.05, 4.69) is 17.0 Å². The monoisotopic (exact) mass is 430 g/mol. The summed E-state index contributed by atoms with van der Waals surface area (Å²) in [6.07, 6.45) is 4.30. The molecule has 1 saturated carbocycles. The van der Waals surface area contributed by atoms with Crippen molar-refractivity contribution < 1.29 is 13.9 Å². The van der Waals surface area contributed by atoms with E-state index in [1.165, 1.54) is 17.7 Å². The summed E-state index contributed by atoms with van der Waals surface area (Å²) in [5.74, 6) is -0.354. The molecule has 0 aromatic heterocycles. The van der Waals surface area contributed by atoms with Crippen LogP contribution in [0.15, 0.2) is 48.5 Å². The van der Waals surface area contributed by atoms with E-state index in [1.54, 1.807) is 12.1 Å². The molecule has 1 unspecified atom stereocenters. The molecule has 2 aliphatic rings.